The topological polar surface area (TPSA) is 75.4 Å². The monoisotopic (exact) mass is 253 g/mol. The maximum absolute atomic E-state index is 12.2. The molecular formula is C12H19N3O3. The Kier molecular flexibility index (Phi) is 4.88. The predicted molar refractivity (Wildman–Crippen MR) is 66.2 cm³/mol. The van der Waals surface area contributed by atoms with Gasteiger partial charge in [-0.1, -0.05) is 13.8 Å². The molecule has 6 nitrogen and oxygen atoms in total. The van der Waals surface area contributed by atoms with Crippen molar-refractivity contribution in [1.82, 2.24) is 14.7 Å². The van der Waals surface area contributed by atoms with Crippen LogP contribution in [-0.4, -0.2) is 44.8 Å². The molecule has 0 fully saturated rings. The first-order chi connectivity index (χ1) is 8.40. The van der Waals surface area contributed by atoms with Crippen molar-refractivity contribution in [3.05, 3.63) is 18.0 Å². The molecule has 0 bridgehead atoms. The van der Waals surface area contributed by atoms with Crippen LogP contribution in [0.25, 0.3) is 0 Å². The van der Waals surface area contributed by atoms with Crippen LogP contribution < -0.4 is 0 Å². The summed E-state index contributed by atoms with van der Waals surface area (Å²) in [5, 5.41) is 12.6. The second kappa shape index (κ2) is 6.18. The van der Waals surface area contributed by atoms with E-state index < -0.39 is 5.97 Å². The number of carboxylic acids is 1. The smallest absolute Gasteiger partial charge is 0.305 e. The van der Waals surface area contributed by atoms with Crippen molar-refractivity contribution in [3.8, 4) is 0 Å². The van der Waals surface area contributed by atoms with E-state index in [0.29, 0.717) is 18.0 Å². The van der Waals surface area contributed by atoms with E-state index in [0.717, 1.165) is 0 Å². The molecule has 1 aromatic heterocycles. The van der Waals surface area contributed by atoms with Crippen molar-refractivity contribution >= 4 is 11.9 Å². The highest BCUT2D eigenvalue weighted by atomic mass is 16.4. The second-order valence-electron chi connectivity index (χ2n) is 4.69. The molecule has 6 heteroatoms. The fourth-order valence-electron chi connectivity index (χ4n) is 1.66. The van der Waals surface area contributed by atoms with E-state index in [9.17, 15) is 9.59 Å². The Labute approximate surface area is 106 Å². The van der Waals surface area contributed by atoms with E-state index in [-0.39, 0.29) is 18.9 Å². The van der Waals surface area contributed by atoms with Crippen LogP contribution in [-0.2, 0) is 11.8 Å². The van der Waals surface area contributed by atoms with Crippen molar-refractivity contribution in [2.75, 3.05) is 13.1 Å². The van der Waals surface area contributed by atoms with E-state index in [4.69, 9.17) is 5.11 Å². The maximum Gasteiger partial charge on any atom is 0.305 e. The Bertz CT molecular complexity index is 426. The van der Waals surface area contributed by atoms with E-state index in [2.05, 4.69) is 5.10 Å². The molecule has 1 amide bonds. The Balaban J connectivity index is 2.75. The molecule has 0 saturated carbocycles. The van der Waals surface area contributed by atoms with Gasteiger partial charge in [-0.25, -0.2) is 0 Å². The molecule has 0 aliphatic carbocycles. The molecule has 1 heterocycles. The van der Waals surface area contributed by atoms with Gasteiger partial charge in [-0.15, -0.1) is 0 Å². The molecule has 100 valence electrons. The number of hydrogen-bond donors (Lipinski definition) is 1. The van der Waals surface area contributed by atoms with Crippen LogP contribution in [0.4, 0.5) is 0 Å². The highest BCUT2D eigenvalue weighted by Crippen LogP contribution is 2.07. The average Bonchev–Trinajstić information content (AvgIpc) is 2.69. The number of aliphatic carboxylic acids is 1. The quantitative estimate of drug-likeness (QED) is 0.820. The third kappa shape index (κ3) is 4.20. The predicted octanol–water partition coefficient (Wildman–Crippen LogP) is 0.993. The van der Waals surface area contributed by atoms with Gasteiger partial charge < -0.3 is 10.0 Å². The standard InChI is InChI=1S/C12H19N3O3/c1-9(2)7-15(5-4-11(16)17)12(18)10-6-13-14(3)8-10/h6,8-9H,4-5,7H2,1-3H3,(H,16,17). The number of aryl methyl sites for hydroxylation is 1. The highest BCUT2D eigenvalue weighted by Gasteiger charge is 2.18. The summed E-state index contributed by atoms with van der Waals surface area (Å²) in [4.78, 5) is 24.3. The number of aromatic nitrogens is 2. The number of rotatable bonds is 6. The minimum absolute atomic E-state index is 0.0429. The molecule has 18 heavy (non-hydrogen) atoms. The summed E-state index contributed by atoms with van der Waals surface area (Å²) in [6.07, 6.45) is 3.09. The largest absolute Gasteiger partial charge is 0.481 e. The molecule has 0 radical (unpaired) electrons. The first kappa shape index (κ1) is 14.2. The van der Waals surface area contributed by atoms with E-state index in [1.165, 1.54) is 6.20 Å². The third-order valence-corrected chi connectivity index (χ3v) is 2.42. The van der Waals surface area contributed by atoms with Crippen LogP contribution in [0.5, 0.6) is 0 Å². The number of carbonyl (C=O) groups is 2. The lowest BCUT2D eigenvalue weighted by Gasteiger charge is -2.23. The fraction of sp³-hybridized carbons (Fsp3) is 0.583. The van der Waals surface area contributed by atoms with Gasteiger partial charge in [0.25, 0.3) is 5.91 Å². The van der Waals surface area contributed by atoms with Crippen molar-refractivity contribution in [3.63, 3.8) is 0 Å². The molecular weight excluding hydrogens is 234 g/mol. The Morgan fingerprint density at radius 1 is 1.50 bits per heavy atom. The molecule has 0 aliphatic heterocycles. The zero-order valence-corrected chi connectivity index (χ0v) is 11.0. The molecule has 1 aromatic rings. The van der Waals surface area contributed by atoms with Crippen LogP contribution in [0, 0.1) is 5.92 Å². The Morgan fingerprint density at radius 2 is 2.17 bits per heavy atom. The van der Waals surface area contributed by atoms with Crippen LogP contribution in [0.1, 0.15) is 30.6 Å². The van der Waals surface area contributed by atoms with Gasteiger partial charge >= 0.3 is 5.97 Å². The number of hydrogen-bond acceptors (Lipinski definition) is 3. The zero-order chi connectivity index (χ0) is 13.7. The lowest BCUT2D eigenvalue weighted by atomic mass is 10.2. The van der Waals surface area contributed by atoms with Crippen LogP contribution in [0.15, 0.2) is 12.4 Å². The Hall–Kier alpha value is -1.85. The first-order valence-electron chi connectivity index (χ1n) is 5.90. The Morgan fingerprint density at radius 3 is 2.61 bits per heavy atom. The lowest BCUT2D eigenvalue weighted by Crippen LogP contribution is -2.35. The zero-order valence-electron chi connectivity index (χ0n) is 11.0. The molecule has 0 unspecified atom stereocenters. The second-order valence-corrected chi connectivity index (χ2v) is 4.69. The molecule has 1 N–H and O–H groups in total. The van der Waals surface area contributed by atoms with Gasteiger partial charge in [0.15, 0.2) is 0 Å². The van der Waals surface area contributed by atoms with Gasteiger partial charge in [0.05, 0.1) is 18.2 Å². The maximum atomic E-state index is 12.2. The van der Waals surface area contributed by atoms with E-state index in [1.54, 1.807) is 22.8 Å². The normalized spacial score (nSPS) is 10.7. The summed E-state index contributed by atoms with van der Waals surface area (Å²) in [5.41, 5.74) is 0.489. The van der Waals surface area contributed by atoms with Gasteiger partial charge in [-0.3, -0.25) is 14.3 Å². The van der Waals surface area contributed by atoms with Gasteiger partial charge in [0, 0.05) is 26.3 Å². The summed E-state index contributed by atoms with van der Waals surface area (Å²) in [6, 6.07) is 0. The molecule has 0 atom stereocenters. The van der Waals surface area contributed by atoms with E-state index in [1.807, 2.05) is 13.8 Å². The molecule has 0 aromatic carbocycles. The van der Waals surface area contributed by atoms with Gasteiger partial charge in [0.2, 0.25) is 0 Å². The summed E-state index contributed by atoms with van der Waals surface area (Å²) < 4.78 is 1.55. The molecule has 0 spiro atoms. The minimum atomic E-state index is -0.900. The first-order valence-corrected chi connectivity index (χ1v) is 5.90. The molecule has 0 saturated heterocycles. The molecule has 1 rings (SSSR count). The molecule has 0 aliphatic rings. The van der Waals surface area contributed by atoms with Crippen molar-refractivity contribution in [1.29, 1.82) is 0 Å². The summed E-state index contributed by atoms with van der Waals surface area (Å²) in [5.74, 6) is -0.778. The third-order valence-electron chi connectivity index (χ3n) is 2.42. The van der Waals surface area contributed by atoms with Gasteiger partial charge in [-0.05, 0) is 5.92 Å². The number of carbonyl (C=O) groups excluding carboxylic acids is 1. The van der Waals surface area contributed by atoms with Gasteiger partial charge in [0.1, 0.15) is 0 Å². The van der Waals surface area contributed by atoms with Crippen molar-refractivity contribution in [2.45, 2.75) is 20.3 Å². The van der Waals surface area contributed by atoms with Crippen LogP contribution >= 0.6 is 0 Å². The van der Waals surface area contributed by atoms with Crippen molar-refractivity contribution in [2.24, 2.45) is 13.0 Å². The number of carboxylic acid groups (broad SMARTS) is 1. The minimum Gasteiger partial charge on any atom is -0.481 e. The number of amides is 1. The van der Waals surface area contributed by atoms with Crippen molar-refractivity contribution < 1.29 is 14.7 Å². The highest BCUT2D eigenvalue weighted by molar-refractivity contribution is 5.93. The number of nitrogens with zero attached hydrogens (tertiary/aromatic N) is 3. The summed E-state index contributed by atoms with van der Waals surface area (Å²) in [7, 11) is 1.74. The van der Waals surface area contributed by atoms with Gasteiger partial charge in [-0.2, -0.15) is 5.10 Å². The SMILES string of the molecule is CC(C)CN(CCC(=O)O)C(=O)c1cnn(C)c1. The van der Waals surface area contributed by atoms with Crippen LogP contribution in [0.3, 0.4) is 0 Å². The fourth-order valence-corrected chi connectivity index (χ4v) is 1.66. The lowest BCUT2D eigenvalue weighted by molar-refractivity contribution is -0.137. The van der Waals surface area contributed by atoms with E-state index >= 15 is 0 Å². The average molecular weight is 253 g/mol. The summed E-state index contributed by atoms with van der Waals surface area (Å²) in [6.45, 7) is 4.75. The summed E-state index contributed by atoms with van der Waals surface area (Å²) >= 11 is 0. The van der Waals surface area contributed by atoms with Crippen LogP contribution in [0.2, 0.25) is 0 Å².